The highest BCUT2D eigenvalue weighted by atomic mass is 31.1. The number of benzene rings is 1. The Morgan fingerprint density at radius 2 is 1.23 bits per heavy atom. The third-order valence-electron chi connectivity index (χ3n) is 7.04. The molecule has 0 aromatic heterocycles. The van der Waals surface area contributed by atoms with Crippen LogP contribution in [0.5, 0.6) is 5.75 Å². The lowest BCUT2D eigenvalue weighted by molar-refractivity contribution is 0.177. The number of rotatable bonds is 20. The molecule has 1 aromatic rings. The molecule has 0 radical (unpaired) electrons. The van der Waals surface area contributed by atoms with Crippen molar-refractivity contribution < 1.29 is 19.1 Å². The Kier molecular flexibility index (Phi) is 16.8. The molecular weight excluding hydrogens is 455 g/mol. The van der Waals surface area contributed by atoms with E-state index >= 15 is 0 Å². The summed E-state index contributed by atoms with van der Waals surface area (Å²) in [7, 11) is -2.68. The Morgan fingerprint density at radius 3 is 1.63 bits per heavy atom. The van der Waals surface area contributed by atoms with Gasteiger partial charge in [-0.25, -0.2) is 0 Å². The number of phenolic OH excluding ortho intramolecular Hbond substituents is 1. The summed E-state index contributed by atoms with van der Waals surface area (Å²) in [5.74, 6) is 0.302. The zero-order valence-corrected chi connectivity index (χ0v) is 24.3. The van der Waals surface area contributed by atoms with Gasteiger partial charge in [-0.3, -0.25) is 0 Å². The second-order valence-electron chi connectivity index (χ2n) is 11.4. The van der Waals surface area contributed by atoms with Crippen LogP contribution in [0.3, 0.4) is 0 Å². The SMILES string of the molecule is CCCCCCCCCCCCCCCCCCC(O[P+](=O)O)c1cc(C)c(O)c(C(C)(C)C)c1. The van der Waals surface area contributed by atoms with Crippen molar-refractivity contribution in [1.82, 2.24) is 0 Å². The minimum absolute atomic E-state index is 0.217. The molecule has 0 amide bonds. The lowest BCUT2D eigenvalue weighted by Crippen LogP contribution is -2.13. The molecule has 0 heterocycles. The van der Waals surface area contributed by atoms with Crippen molar-refractivity contribution in [3.63, 3.8) is 0 Å². The Hall–Kier alpha value is -0.960. The van der Waals surface area contributed by atoms with Gasteiger partial charge in [0.15, 0.2) is 0 Å². The third kappa shape index (κ3) is 14.4. The highest BCUT2D eigenvalue weighted by Gasteiger charge is 2.28. The fraction of sp³-hybridized carbons (Fsp3) is 0.800. The van der Waals surface area contributed by atoms with Crippen molar-refractivity contribution in [3.05, 3.63) is 28.8 Å². The molecule has 2 unspecified atom stereocenters. The van der Waals surface area contributed by atoms with E-state index in [2.05, 4.69) is 27.7 Å². The standard InChI is InChI=1S/C30H53O4P/c1-6-7-8-9-10-11-12-13-14-15-16-17-18-19-20-21-22-28(34-35(32)33)26-23-25(2)29(31)27(24-26)30(3,4)5/h23-24,28H,6-22H2,1-5H3,(H-,31,32,33)/p+1. The van der Waals surface area contributed by atoms with Gasteiger partial charge in [0.05, 0.1) is 0 Å². The van der Waals surface area contributed by atoms with E-state index in [4.69, 9.17) is 4.52 Å². The van der Waals surface area contributed by atoms with Gasteiger partial charge < -0.3 is 5.11 Å². The predicted molar refractivity (Wildman–Crippen MR) is 149 cm³/mol. The first-order valence-corrected chi connectivity index (χ1v) is 15.5. The summed E-state index contributed by atoms with van der Waals surface area (Å²) in [6, 6.07) is 3.83. The van der Waals surface area contributed by atoms with Gasteiger partial charge in [-0.15, -0.1) is 9.42 Å². The number of hydrogen-bond acceptors (Lipinski definition) is 3. The van der Waals surface area contributed by atoms with Crippen molar-refractivity contribution in [1.29, 1.82) is 0 Å². The van der Waals surface area contributed by atoms with Gasteiger partial charge in [0.25, 0.3) is 0 Å². The molecule has 0 spiro atoms. The molecule has 35 heavy (non-hydrogen) atoms. The van der Waals surface area contributed by atoms with Gasteiger partial charge in [0.2, 0.25) is 0 Å². The topological polar surface area (TPSA) is 66.8 Å². The number of phenols is 1. The third-order valence-corrected chi connectivity index (χ3v) is 7.47. The molecule has 4 nitrogen and oxygen atoms in total. The number of hydrogen-bond donors (Lipinski definition) is 2. The van der Waals surface area contributed by atoms with Crippen molar-refractivity contribution in [3.8, 4) is 5.75 Å². The van der Waals surface area contributed by atoms with E-state index in [1.807, 2.05) is 19.1 Å². The van der Waals surface area contributed by atoms with Gasteiger partial charge in [0, 0.05) is 4.57 Å². The summed E-state index contributed by atoms with van der Waals surface area (Å²) < 4.78 is 16.9. The highest BCUT2D eigenvalue weighted by molar-refractivity contribution is 7.32. The van der Waals surface area contributed by atoms with Gasteiger partial charge in [0.1, 0.15) is 11.9 Å². The lowest BCUT2D eigenvalue weighted by Gasteiger charge is -2.24. The maximum Gasteiger partial charge on any atom is 0.695 e. The molecule has 2 atom stereocenters. The summed E-state index contributed by atoms with van der Waals surface area (Å²) in [6.45, 7) is 10.3. The molecule has 0 aliphatic heterocycles. The molecule has 0 aliphatic carbocycles. The Morgan fingerprint density at radius 1 is 0.800 bits per heavy atom. The molecule has 0 saturated carbocycles. The quantitative estimate of drug-likeness (QED) is 0.135. The van der Waals surface area contributed by atoms with Crippen molar-refractivity contribution in [2.45, 2.75) is 155 Å². The summed E-state index contributed by atoms with van der Waals surface area (Å²) in [4.78, 5) is 9.41. The average Bonchev–Trinajstić information content (AvgIpc) is 2.78. The van der Waals surface area contributed by atoms with E-state index in [0.717, 1.165) is 29.5 Å². The first-order chi connectivity index (χ1) is 16.7. The minimum atomic E-state index is -2.68. The highest BCUT2D eigenvalue weighted by Crippen LogP contribution is 2.39. The van der Waals surface area contributed by atoms with E-state index in [1.54, 1.807) is 0 Å². The number of unbranched alkanes of at least 4 members (excludes halogenated alkanes) is 15. The molecule has 5 heteroatoms. The van der Waals surface area contributed by atoms with E-state index in [1.165, 1.54) is 89.9 Å². The lowest BCUT2D eigenvalue weighted by atomic mass is 9.83. The molecule has 1 rings (SSSR count). The van der Waals surface area contributed by atoms with Crippen LogP contribution in [0, 0.1) is 6.92 Å². The Balaban J connectivity index is 2.26. The second kappa shape index (κ2) is 18.3. The first-order valence-electron chi connectivity index (χ1n) is 14.3. The number of aryl methyl sites for hydroxylation is 1. The zero-order chi connectivity index (χ0) is 26.1. The normalized spacial score (nSPS) is 13.3. The minimum Gasteiger partial charge on any atom is -0.507 e. The Bertz CT molecular complexity index is 711. The summed E-state index contributed by atoms with van der Waals surface area (Å²) in [5, 5.41) is 10.5. The van der Waals surface area contributed by atoms with Crippen molar-refractivity contribution in [2.75, 3.05) is 0 Å². The average molecular weight is 510 g/mol. The van der Waals surface area contributed by atoms with E-state index in [0.29, 0.717) is 12.2 Å². The van der Waals surface area contributed by atoms with Crippen LogP contribution in [0.2, 0.25) is 0 Å². The second-order valence-corrected chi connectivity index (χ2v) is 12.1. The summed E-state index contributed by atoms with van der Waals surface area (Å²) in [6.07, 6.45) is 21.5. The molecular formula is C30H54O4P+. The smallest absolute Gasteiger partial charge is 0.507 e. The molecule has 2 N–H and O–H groups in total. The molecule has 1 aromatic carbocycles. The van der Waals surface area contributed by atoms with Crippen molar-refractivity contribution >= 4 is 8.25 Å². The van der Waals surface area contributed by atoms with Crippen LogP contribution >= 0.6 is 8.25 Å². The summed E-state index contributed by atoms with van der Waals surface area (Å²) >= 11 is 0. The predicted octanol–water partition coefficient (Wildman–Crippen LogP) is 10.4. The largest absolute Gasteiger partial charge is 0.695 e. The zero-order valence-electron chi connectivity index (χ0n) is 23.4. The number of aromatic hydroxyl groups is 1. The van der Waals surface area contributed by atoms with Crippen LogP contribution in [0.25, 0.3) is 0 Å². The monoisotopic (exact) mass is 509 g/mol. The van der Waals surface area contributed by atoms with Crippen LogP contribution in [0.15, 0.2) is 12.1 Å². The van der Waals surface area contributed by atoms with Crippen LogP contribution in [-0.4, -0.2) is 10.00 Å². The van der Waals surface area contributed by atoms with Crippen LogP contribution in [0.4, 0.5) is 0 Å². The molecule has 0 saturated heterocycles. The van der Waals surface area contributed by atoms with Crippen LogP contribution < -0.4 is 0 Å². The van der Waals surface area contributed by atoms with Gasteiger partial charge >= 0.3 is 8.25 Å². The van der Waals surface area contributed by atoms with E-state index in [9.17, 15) is 14.6 Å². The van der Waals surface area contributed by atoms with E-state index in [-0.39, 0.29) is 5.41 Å². The van der Waals surface area contributed by atoms with Gasteiger partial charge in [-0.1, -0.05) is 130 Å². The molecule has 0 aliphatic rings. The van der Waals surface area contributed by atoms with Crippen LogP contribution in [0.1, 0.15) is 160 Å². The molecule has 202 valence electrons. The van der Waals surface area contributed by atoms with Gasteiger partial charge in [-0.05, 0) is 47.6 Å². The van der Waals surface area contributed by atoms with E-state index < -0.39 is 14.4 Å². The Labute approximate surface area is 217 Å². The fourth-order valence-corrected chi connectivity index (χ4v) is 5.28. The molecule has 0 fully saturated rings. The summed E-state index contributed by atoms with van der Waals surface area (Å²) in [5.41, 5.74) is 2.29. The first kappa shape index (κ1) is 32.1. The fourth-order valence-electron chi connectivity index (χ4n) is 4.83. The van der Waals surface area contributed by atoms with Gasteiger partial charge in [-0.2, -0.15) is 0 Å². The maximum absolute atomic E-state index is 11.5. The molecule has 0 bridgehead atoms. The van der Waals surface area contributed by atoms with Crippen molar-refractivity contribution in [2.24, 2.45) is 0 Å². The van der Waals surface area contributed by atoms with Crippen LogP contribution in [-0.2, 0) is 14.5 Å². The maximum atomic E-state index is 11.5.